The first-order chi connectivity index (χ1) is 20.7. The number of benzene rings is 1. The van der Waals surface area contributed by atoms with Crippen LogP contribution in [0.15, 0.2) is 24.3 Å². The van der Waals surface area contributed by atoms with Crippen molar-refractivity contribution in [2.24, 2.45) is 17.4 Å². The Hall–Kier alpha value is -3.00. The van der Waals surface area contributed by atoms with Crippen molar-refractivity contribution in [3.8, 4) is 6.07 Å². The summed E-state index contributed by atoms with van der Waals surface area (Å²) in [6.07, 6.45) is 9.29. The van der Waals surface area contributed by atoms with Gasteiger partial charge in [-0.05, 0) is 63.0 Å². The normalized spacial score (nSPS) is 23.7. The Morgan fingerprint density at radius 2 is 1.84 bits per heavy atom. The molecule has 3 amide bonds. The van der Waals surface area contributed by atoms with Gasteiger partial charge in [0.05, 0.1) is 24.6 Å². The van der Waals surface area contributed by atoms with Crippen molar-refractivity contribution in [1.82, 2.24) is 15.1 Å². The van der Waals surface area contributed by atoms with Crippen molar-refractivity contribution in [3.63, 3.8) is 0 Å². The largest absolute Gasteiger partial charge is 0.377 e. The topological polar surface area (TPSA) is 155 Å². The van der Waals surface area contributed by atoms with Crippen LogP contribution in [0.4, 0.5) is 0 Å². The molecule has 5 N–H and O–H groups in total. The number of primary amides is 1. The Labute approximate surface area is 257 Å². The molecule has 0 radical (unpaired) electrons. The van der Waals surface area contributed by atoms with E-state index < -0.39 is 29.9 Å². The van der Waals surface area contributed by atoms with E-state index in [2.05, 4.69) is 48.3 Å². The molecule has 4 unspecified atom stereocenters. The van der Waals surface area contributed by atoms with E-state index in [9.17, 15) is 14.4 Å². The molecule has 10 heteroatoms. The van der Waals surface area contributed by atoms with E-state index >= 15 is 0 Å². The number of amides is 3. The Morgan fingerprint density at radius 3 is 2.47 bits per heavy atom. The third-order valence-electron chi connectivity index (χ3n) is 9.09. The van der Waals surface area contributed by atoms with Gasteiger partial charge < -0.3 is 26.4 Å². The third kappa shape index (κ3) is 9.75. The number of aryl methyl sites for hydroxylation is 2. The Balaban J connectivity index is 0.000000386. The molecule has 0 spiro atoms. The maximum atomic E-state index is 13.8. The first-order valence-electron chi connectivity index (χ1n) is 16.1. The number of piperazine rings is 1. The van der Waals surface area contributed by atoms with E-state index in [4.69, 9.17) is 21.5 Å². The van der Waals surface area contributed by atoms with Crippen molar-refractivity contribution >= 4 is 17.7 Å². The van der Waals surface area contributed by atoms with E-state index in [1.54, 1.807) is 4.90 Å². The number of rotatable bonds is 11. The molecule has 3 fully saturated rings. The lowest BCUT2D eigenvalue weighted by molar-refractivity contribution is -0.148. The highest BCUT2D eigenvalue weighted by Crippen LogP contribution is 2.31. The van der Waals surface area contributed by atoms with Gasteiger partial charge in [-0.25, -0.2) is 0 Å². The average Bonchev–Trinajstić information content (AvgIpc) is 3.41. The number of nitrogens with two attached hydrogens (primary N) is 2. The molecule has 2 saturated heterocycles. The lowest BCUT2D eigenvalue weighted by atomic mass is 9.82. The quantitative estimate of drug-likeness (QED) is 0.355. The van der Waals surface area contributed by atoms with Crippen molar-refractivity contribution in [2.75, 3.05) is 26.2 Å². The smallest absolute Gasteiger partial charge is 0.246 e. The fourth-order valence-electron chi connectivity index (χ4n) is 6.61. The number of ether oxygens (including phenoxy) is 1. The number of carbonyl (C=O) groups is 3. The van der Waals surface area contributed by atoms with Gasteiger partial charge >= 0.3 is 0 Å². The van der Waals surface area contributed by atoms with E-state index in [0.717, 1.165) is 45.1 Å². The summed E-state index contributed by atoms with van der Waals surface area (Å²) in [7, 11) is 0. The lowest BCUT2D eigenvalue weighted by Gasteiger charge is -2.44. The van der Waals surface area contributed by atoms with Gasteiger partial charge in [-0.1, -0.05) is 56.9 Å². The minimum atomic E-state index is -0.996. The second kappa shape index (κ2) is 17.3. The predicted octanol–water partition coefficient (Wildman–Crippen LogP) is 2.81. The van der Waals surface area contributed by atoms with Crippen LogP contribution in [-0.2, 0) is 25.5 Å². The van der Waals surface area contributed by atoms with E-state index in [1.165, 1.54) is 30.4 Å². The zero-order valence-corrected chi connectivity index (χ0v) is 26.3. The van der Waals surface area contributed by atoms with Crippen LogP contribution in [0, 0.1) is 24.2 Å². The molecule has 1 aromatic carbocycles. The maximum absolute atomic E-state index is 13.8. The van der Waals surface area contributed by atoms with Gasteiger partial charge in [0.2, 0.25) is 17.7 Å². The molecule has 3 aliphatic rings. The van der Waals surface area contributed by atoms with E-state index in [1.807, 2.05) is 13.0 Å². The Kier molecular flexibility index (Phi) is 13.9. The maximum Gasteiger partial charge on any atom is 0.246 e. The number of fused-ring (bicyclic) bond motifs is 1. The van der Waals surface area contributed by atoms with Crippen molar-refractivity contribution < 1.29 is 19.1 Å². The van der Waals surface area contributed by atoms with Gasteiger partial charge in [0, 0.05) is 32.3 Å². The molecule has 10 nitrogen and oxygen atoms in total. The highest BCUT2D eigenvalue weighted by molar-refractivity contribution is 5.93. The fourth-order valence-corrected chi connectivity index (χ4v) is 6.61. The second-order valence-electron chi connectivity index (χ2n) is 12.2. The molecule has 2 aliphatic heterocycles. The highest BCUT2D eigenvalue weighted by atomic mass is 16.5. The van der Waals surface area contributed by atoms with Gasteiger partial charge in [0.15, 0.2) is 0 Å². The number of unbranched alkanes of at least 4 members (excludes halogenated alkanes) is 1. The Morgan fingerprint density at radius 1 is 1.12 bits per heavy atom. The molecular formula is C33H52N6O4. The number of nitriles is 1. The predicted molar refractivity (Wildman–Crippen MR) is 167 cm³/mol. The summed E-state index contributed by atoms with van der Waals surface area (Å²) >= 11 is 0. The molecule has 0 bridgehead atoms. The second-order valence-corrected chi connectivity index (χ2v) is 12.2. The summed E-state index contributed by atoms with van der Waals surface area (Å²) in [4.78, 5) is 42.4. The highest BCUT2D eigenvalue weighted by Gasteiger charge is 2.46. The van der Waals surface area contributed by atoms with E-state index in [-0.39, 0.29) is 30.4 Å². The van der Waals surface area contributed by atoms with Crippen LogP contribution in [0.2, 0.25) is 0 Å². The molecule has 4 rings (SSSR count). The van der Waals surface area contributed by atoms with Crippen LogP contribution in [-0.4, -0.2) is 84.0 Å². The zero-order chi connectivity index (χ0) is 31.4. The summed E-state index contributed by atoms with van der Waals surface area (Å²) in [6, 6.07) is 8.10. The number of hydrogen-bond acceptors (Lipinski definition) is 7. The third-order valence-corrected chi connectivity index (χ3v) is 9.09. The van der Waals surface area contributed by atoms with Crippen molar-refractivity contribution in [2.45, 2.75) is 115 Å². The number of hydrogen-bond donors (Lipinski definition) is 3. The van der Waals surface area contributed by atoms with Gasteiger partial charge in [0.25, 0.3) is 0 Å². The molecule has 2 heterocycles. The van der Waals surface area contributed by atoms with Gasteiger partial charge in [-0.2, -0.15) is 5.26 Å². The summed E-state index contributed by atoms with van der Waals surface area (Å²) in [5.74, 6) is -1.37. The molecule has 238 valence electrons. The summed E-state index contributed by atoms with van der Waals surface area (Å²) in [6.45, 7) is 8.45. The first-order valence-corrected chi connectivity index (χ1v) is 16.1. The van der Waals surface area contributed by atoms with Gasteiger partial charge in [-0.3, -0.25) is 19.3 Å². The minimum absolute atomic E-state index is 0.0270. The summed E-state index contributed by atoms with van der Waals surface area (Å²) in [5.41, 5.74) is 14.5. The van der Waals surface area contributed by atoms with Gasteiger partial charge in [-0.15, -0.1) is 0 Å². The number of nitrogens with zero attached hydrogens (tertiary/aromatic N) is 3. The average molecular weight is 597 g/mol. The van der Waals surface area contributed by atoms with Crippen molar-refractivity contribution in [3.05, 3.63) is 35.4 Å². The molecule has 1 aliphatic carbocycles. The molecule has 1 saturated carbocycles. The molecule has 1 aromatic rings. The molecule has 5 atom stereocenters. The number of carbonyl (C=O) groups excluding carboxylic acids is 3. The van der Waals surface area contributed by atoms with Crippen LogP contribution in [0.3, 0.4) is 0 Å². The number of nitrogens with one attached hydrogen (secondary N) is 1. The monoisotopic (exact) mass is 596 g/mol. The fraction of sp³-hybridized carbons (Fsp3) is 0.697. The van der Waals surface area contributed by atoms with Crippen LogP contribution in [0.1, 0.15) is 82.8 Å². The van der Waals surface area contributed by atoms with Crippen LogP contribution >= 0.6 is 0 Å². The van der Waals surface area contributed by atoms with Gasteiger partial charge in [0.1, 0.15) is 12.1 Å². The van der Waals surface area contributed by atoms with Crippen LogP contribution in [0.25, 0.3) is 0 Å². The van der Waals surface area contributed by atoms with Crippen LogP contribution < -0.4 is 16.8 Å². The van der Waals surface area contributed by atoms with Crippen molar-refractivity contribution in [1.29, 1.82) is 5.26 Å². The van der Waals surface area contributed by atoms with Crippen LogP contribution in [0.5, 0.6) is 0 Å². The summed E-state index contributed by atoms with van der Waals surface area (Å²) < 4.78 is 5.77. The Bertz CT molecular complexity index is 1100. The standard InChI is InChI=1S/C22H36N6O4.C11H16/c1-2-32-16-10-15-11-28(18(20(25)29)13-27(15)12-16)22(31)19(14-6-4-3-5-7-14)26-21(30)17(24)8-9-23;1-3-4-8-11-9-6-5-7-10(11)2/h14-19H,2-8,10-13,24H2,1H3,(H2,25,29)(H,26,30);5-7,9H,3-4,8H2,1-2H3/t15?,16?,17-,18?,19?;/m0./s1. The summed E-state index contributed by atoms with van der Waals surface area (Å²) in [5, 5.41) is 11.7. The molecule has 0 aromatic heterocycles. The zero-order valence-electron chi connectivity index (χ0n) is 26.3. The molecular weight excluding hydrogens is 544 g/mol. The SMILES string of the molecule is CCCCc1ccccc1C.CCOC1CC2CN(C(=O)C(NC(=O)[C@@H](N)CC#N)C3CCCCC3)C(C(N)=O)CN2C1. The first kappa shape index (κ1) is 34.5. The molecule has 43 heavy (non-hydrogen) atoms. The minimum Gasteiger partial charge on any atom is -0.377 e. The lowest BCUT2D eigenvalue weighted by Crippen LogP contribution is -2.66. The van der Waals surface area contributed by atoms with E-state index in [0.29, 0.717) is 19.7 Å².